The molecule has 1 aromatic carbocycles. The molecular formula is C13H10O2. The van der Waals surface area contributed by atoms with E-state index < -0.39 is 0 Å². The molecule has 3 rings (SSSR count). The fourth-order valence-corrected chi connectivity index (χ4v) is 2.16. The highest BCUT2D eigenvalue weighted by Gasteiger charge is 2.19. The van der Waals surface area contributed by atoms with Crippen LogP contribution in [0, 0.1) is 0 Å². The highest BCUT2D eigenvalue weighted by atomic mass is 16.3. The molecule has 1 aromatic heterocycles. The van der Waals surface area contributed by atoms with Gasteiger partial charge in [-0.25, -0.2) is 0 Å². The molecule has 0 saturated carbocycles. The molecule has 74 valence electrons. The Hall–Kier alpha value is -1.83. The average Bonchev–Trinajstić information content (AvgIpc) is 2.67. The predicted molar refractivity (Wildman–Crippen MR) is 58.6 cm³/mol. The minimum atomic E-state index is 0.765. The number of hydrogen-bond donors (Lipinski definition) is 0. The van der Waals surface area contributed by atoms with E-state index in [2.05, 4.69) is 0 Å². The van der Waals surface area contributed by atoms with E-state index in [9.17, 15) is 4.79 Å². The Morgan fingerprint density at radius 1 is 1.27 bits per heavy atom. The molecule has 2 heteroatoms. The monoisotopic (exact) mass is 198 g/mol. The second kappa shape index (κ2) is 3.09. The molecule has 0 spiro atoms. The predicted octanol–water partition coefficient (Wildman–Crippen LogP) is 2.96. The lowest BCUT2D eigenvalue weighted by atomic mass is 9.95. The highest BCUT2D eigenvalue weighted by molar-refractivity contribution is 6.13. The lowest BCUT2D eigenvalue weighted by Crippen LogP contribution is -1.96. The van der Waals surface area contributed by atoms with E-state index >= 15 is 0 Å². The maximum absolute atomic E-state index is 11.0. The summed E-state index contributed by atoms with van der Waals surface area (Å²) in [4.78, 5) is 11.0. The molecule has 0 unspecified atom stereocenters. The van der Waals surface area contributed by atoms with E-state index in [-0.39, 0.29) is 0 Å². The first-order valence-electron chi connectivity index (χ1n) is 5.06. The number of allylic oxidation sites excluding steroid dienone is 2. The number of rotatable bonds is 1. The van der Waals surface area contributed by atoms with Gasteiger partial charge in [0.2, 0.25) is 0 Å². The van der Waals surface area contributed by atoms with E-state index in [1.807, 2.05) is 30.3 Å². The van der Waals surface area contributed by atoms with Crippen LogP contribution in [-0.2, 0) is 11.2 Å². The molecule has 15 heavy (non-hydrogen) atoms. The largest absolute Gasteiger partial charge is 0.460 e. The Balaban J connectivity index is 2.39. The zero-order valence-corrected chi connectivity index (χ0v) is 8.19. The van der Waals surface area contributed by atoms with Gasteiger partial charge in [0.05, 0.1) is 0 Å². The summed E-state index contributed by atoms with van der Waals surface area (Å²) >= 11 is 0. The van der Waals surface area contributed by atoms with E-state index in [1.54, 1.807) is 0 Å². The number of fused-ring (bicyclic) bond motifs is 3. The molecule has 1 heterocycles. The quantitative estimate of drug-likeness (QED) is 0.659. The molecule has 2 nitrogen and oxygen atoms in total. The third-order valence-electron chi connectivity index (χ3n) is 2.82. The number of benzene rings is 1. The maximum Gasteiger partial charge on any atom is 0.150 e. The van der Waals surface area contributed by atoms with Crippen LogP contribution in [-0.4, -0.2) is 6.29 Å². The first-order valence-corrected chi connectivity index (χ1v) is 5.06. The van der Waals surface area contributed by atoms with Crippen molar-refractivity contribution in [2.24, 2.45) is 0 Å². The lowest BCUT2D eigenvalue weighted by molar-refractivity contribution is -0.103. The van der Waals surface area contributed by atoms with Crippen molar-refractivity contribution in [3.63, 3.8) is 0 Å². The molecule has 1 aliphatic rings. The van der Waals surface area contributed by atoms with E-state index in [0.29, 0.717) is 0 Å². The normalized spacial score (nSPS) is 14.8. The number of furan rings is 1. The summed E-state index contributed by atoms with van der Waals surface area (Å²) in [7, 11) is 0. The Kier molecular flexibility index (Phi) is 1.75. The Morgan fingerprint density at radius 2 is 2.13 bits per heavy atom. The zero-order chi connectivity index (χ0) is 10.3. The van der Waals surface area contributed by atoms with Crippen molar-refractivity contribution in [3.8, 4) is 0 Å². The summed E-state index contributed by atoms with van der Waals surface area (Å²) in [6.07, 6.45) is 4.68. The van der Waals surface area contributed by atoms with Crippen molar-refractivity contribution in [1.29, 1.82) is 0 Å². The summed E-state index contributed by atoms with van der Waals surface area (Å²) in [5, 5.41) is 1.05. The number of hydrogen-bond acceptors (Lipinski definition) is 2. The molecule has 1 aliphatic carbocycles. The first kappa shape index (κ1) is 8.48. The summed E-state index contributed by atoms with van der Waals surface area (Å²) < 4.78 is 5.72. The fraction of sp³-hybridized carbons (Fsp3) is 0.154. The second-order valence-corrected chi connectivity index (χ2v) is 3.71. The average molecular weight is 198 g/mol. The Labute approximate surface area is 87.2 Å². The number of carbonyl (C=O) groups excluding carboxylic acids is 1. The van der Waals surface area contributed by atoms with Crippen molar-refractivity contribution in [3.05, 3.63) is 41.7 Å². The molecule has 0 bridgehead atoms. The minimum Gasteiger partial charge on any atom is -0.460 e. The van der Waals surface area contributed by atoms with Crippen molar-refractivity contribution in [1.82, 2.24) is 0 Å². The van der Waals surface area contributed by atoms with Crippen molar-refractivity contribution in [2.45, 2.75) is 12.8 Å². The van der Waals surface area contributed by atoms with Crippen LogP contribution >= 0.6 is 0 Å². The van der Waals surface area contributed by atoms with Crippen LogP contribution in [0.15, 0.2) is 34.8 Å². The van der Waals surface area contributed by atoms with Gasteiger partial charge in [0, 0.05) is 22.9 Å². The topological polar surface area (TPSA) is 30.2 Å². The van der Waals surface area contributed by atoms with E-state index in [0.717, 1.165) is 47.0 Å². The van der Waals surface area contributed by atoms with E-state index in [1.165, 1.54) is 0 Å². The third-order valence-corrected chi connectivity index (χ3v) is 2.82. The van der Waals surface area contributed by atoms with Gasteiger partial charge in [0.1, 0.15) is 17.6 Å². The Morgan fingerprint density at radius 3 is 3.00 bits per heavy atom. The second-order valence-electron chi connectivity index (χ2n) is 3.71. The van der Waals surface area contributed by atoms with Crippen LogP contribution in [0.3, 0.4) is 0 Å². The van der Waals surface area contributed by atoms with Gasteiger partial charge in [0.15, 0.2) is 0 Å². The SMILES string of the molecule is O=CC1=CCCc2oc3ccccc3c21. The van der Waals surface area contributed by atoms with Crippen molar-refractivity contribution >= 4 is 22.8 Å². The summed E-state index contributed by atoms with van der Waals surface area (Å²) in [5.41, 5.74) is 2.63. The molecule has 0 fully saturated rings. The maximum atomic E-state index is 11.0. The summed E-state index contributed by atoms with van der Waals surface area (Å²) in [6, 6.07) is 7.85. The number of aryl methyl sites for hydroxylation is 1. The van der Waals surface area contributed by atoms with Crippen LogP contribution in [0.4, 0.5) is 0 Å². The minimum absolute atomic E-state index is 0.765. The Bertz CT molecular complexity index is 561. The third kappa shape index (κ3) is 1.14. The number of carbonyl (C=O) groups is 1. The number of para-hydroxylation sites is 1. The summed E-state index contributed by atoms with van der Waals surface area (Å²) in [5.74, 6) is 0.945. The van der Waals surface area contributed by atoms with Crippen LogP contribution in [0.2, 0.25) is 0 Å². The van der Waals surface area contributed by atoms with Gasteiger partial charge in [-0.15, -0.1) is 0 Å². The molecule has 0 amide bonds. The molecule has 2 aromatic rings. The van der Waals surface area contributed by atoms with Gasteiger partial charge in [0.25, 0.3) is 0 Å². The van der Waals surface area contributed by atoms with E-state index in [4.69, 9.17) is 4.42 Å². The molecular weight excluding hydrogens is 188 g/mol. The van der Waals surface area contributed by atoms with Crippen LogP contribution < -0.4 is 0 Å². The van der Waals surface area contributed by atoms with Gasteiger partial charge in [-0.3, -0.25) is 4.79 Å². The van der Waals surface area contributed by atoms with Crippen LogP contribution in [0.5, 0.6) is 0 Å². The van der Waals surface area contributed by atoms with Crippen molar-refractivity contribution < 1.29 is 9.21 Å². The standard InChI is InChI=1S/C13H10O2/c14-8-9-4-3-7-12-13(9)10-5-1-2-6-11(10)15-12/h1-2,4-6,8H,3,7H2. The molecule has 0 atom stereocenters. The molecule has 0 saturated heterocycles. The van der Waals surface area contributed by atoms with Gasteiger partial charge in [-0.05, 0) is 12.5 Å². The number of aldehydes is 1. The van der Waals surface area contributed by atoms with Crippen LogP contribution in [0.1, 0.15) is 17.7 Å². The van der Waals surface area contributed by atoms with Gasteiger partial charge < -0.3 is 4.42 Å². The molecule has 0 aliphatic heterocycles. The first-order chi connectivity index (χ1) is 7.40. The van der Waals surface area contributed by atoms with Gasteiger partial charge in [-0.2, -0.15) is 0 Å². The van der Waals surface area contributed by atoms with Crippen LogP contribution in [0.25, 0.3) is 16.5 Å². The molecule has 0 radical (unpaired) electrons. The zero-order valence-electron chi connectivity index (χ0n) is 8.19. The summed E-state index contributed by atoms with van der Waals surface area (Å²) in [6.45, 7) is 0. The van der Waals surface area contributed by atoms with Gasteiger partial charge in [-0.1, -0.05) is 24.3 Å². The van der Waals surface area contributed by atoms with Gasteiger partial charge >= 0.3 is 0 Å². The van der Waals surface area contributed by atoms with Crippen molar-refractivity contribution in [2.75, 3.05) is 0 Å². The molecule has 0 N–H and O–H groups in total. The lowest BCUT2D eigenvalue weighted by Gasteiger charge is -2.07. The fourth-order valence-electron chi connectivity index (χ4n) is 2.16. The highest BCUT2D eigenvalue weighted by Crippen LogP contribution is 2.34. The smallest absolute Gasteiger partial charge is 0.150 e.